The molecule has 10 heteroatoms. The van der Waals surface area contributed by atoms with E-state index >= 15 is 0 Å². The molecule has 0 radical (unpaired) electrons. The summed E-state index contributed by atoms with van der Waals surface area (Å²) >= 11 is 0. The zero-order chi connectivity index (χ0) is 25.1. The molecule has 0 aromatic carbocycles. The van der Waals surface area contributed by atoms with Crippen LogP contribution in [0.15, 0.2) is 42.9 Å². The van der Waals surface area contributed by atoms with E-state index in [0.29, 0.717) is 12.6 Å². The molecule has 4 N–H and O–H groups in total. The van der Waals surface area contributed by atoms with Crippen molar-refractivity contribution in [2.75, 3.05) is 5.32 Å². The van der Waals surface area contributed by atoms with Gasteiger partial charge in [-0.3, -0.25) is 10.2 Å². The highest BCUT2D eigenvalue weighted by atomic mass is 16.1. The number of aromatic nitrogens is 5. The molecule has 2 unspecified atom stereocenters. The van der Waals surface area contributed by atoms with Crippen molar-refractivity contribution >= 4 is 11.7 Å². The fourth-order valence-electron chi connectivity index (χ4n) is 5.24. The molecule has 1 saturated heterocycles. The fraction of sp³-hybridized carbons (Fsp3) is 0.500. The van der Waals surface area contributed by atoms with Crippen molar-refractivity contribution < 1.29 is 4.79 Å². The molecule has 36 heavy (non-hydrogen) atoms. The maximum Gasteiger partial charge on any atom is 0.223 e. The van der Waals surface area contributed by atoms with Crippen molar-refractivity contribution in [1.29, 1.82) is 0 Å². The van der Waals surface area contributed by atoms with Gasteiger partial charge in [0.1, 0.15) is 11.6 Å². The Balaban J connectivity index is 1.15. The van der Waals surface area contributed by atoms with Gasteiger partial charge >= 0.3 is 0 Å². The molecule has 0 spiro atoms. The quantitative estimate of drug-likeness (QED) is 0.400. The Hall–Kier alpha value is -3.37. The highest BCUT2D eigenvalue weighted by molar-refractivity contribution is 5.79. The number of aryl methyl sites for hydroxylation is 1. The first-order valence-corrected chi connectivity index (χ1v) is 12.8. The number of carbonyl (C=O) groups excluding carboxylic acids is 1. The molecule has 1 aliphatic carbocycles. The summed E-state index contributed by atoms with van der Waals surface area (Å²) in [7, 11) is 0. The standard InChI is InChI=1S/C26H35N9O/c1-16-11-20(25-30-17(2)12-22(32-25)31-23-13-18(3)33-34-23)6-7-21(16)26(36)28-15-19-5-8-24(27-14-19)35-10-4-9-29-35/h4-5,8-10,12,14,16,18,20-21,23,33-34H,6-7,11,13,15H2,1-3H3,(H,28,36)(H,30,31,32)/t16-,18?,20+,21+,23?/m0/s1. The average Bonchev–Trinajstić information content (AvgIpc) is 3.54. The minimum atomic E-state index is -0.00443. The monoisotopic (exact) mass is 489 g/mol. The molecule has 0 bridgehead atoms. The summed E-state index contributed by atoms with van der Waals surface area (Å²) in [5, 5.41) is 10.8. The largest absolute Gasteiger partial charge is 0.353 e. The molecule has 2 fully saturated rings. The Morgan fingerprint density at radius 3 is 2.75 bits per heavy atom. The summed E-state index contributed by atoms with van der Waals surface area (Å²) in [6.07, 6.45) is 9.14. The maximum absolute atomic E-state index is 13.0. The van der Waals surface area contributed by atoms with Crippen LogP contribution in [0, 0.1) is 18.8 Å². The number of carbonyl (C=O) groups is 1. The Morgan fingerprint density at radius 2 is 2.06 bits per heavy atom. The van der Waals surface area contributed by atoms with E-state index in [1.165, 1.54) is 0 Å². The van der Waals surface area contributed by atoms with Crippen LogP contribution in [0.3, 0.4) is 0 Å². The lowest BCUT2D eigenvalue weighted by atomic mass is 9.74. The van der Waals surface area contributed by atoms with Gasteiger partial charge in [-0.15, -0.1) is 0 Å². The molecule has 2 aliphatic rings. The number of nitrogens with one attached hydrogen (secondary N) is 4. The smallest absolute Gasteiger partial charge is 0.223 e. The van der Waals surface area contributed by atoms with Crippen molar-refractivity contribution in [2.45, 2.75) is 71.1 Å². The third-order valence-corrected chi connectivity index (χ3v) is 7.17. The van der Waals surface area contributed by atoms with Crippen LogP contribution in [0.25, 0.3) is 5.82 Å². The number of amides is 1. The number of pyridine rings is 1. The molecule has 3 aromatic rings. The van der Waals surface area contributed by atoms with Crippen LogP contribution in [-0.2, 0) is 11.3 Å². The van der Waals surface area contributed by atoms with Gasteiger partial charge in [0.15, 0.2) is 5.82 Å². The second-order valence-corrected chi connectivity index (χ2v) is 10.2. The normalized spacial score (nSPS) is 26.0. The van der Waals surface area contributed by atoms with Crippen molar-refractivity contribution in [2.24, 2.45) is 11.8 Å². The number of hydrogen-bond donors (Lipinski definition) is 4. The zero-order valence-electron chi connectivity index (χ0n) is 21.1. The topological polar surface area (TPSA) is 122 Å². The summed E-state index contributed by atoms with van der Waals surface area (Å²) in [6.45, 7) is 6.80. The van der Waals surface area contributed by atoms with Crippen LogP contribution >= 0.6 is 0 Å². The number of rotatable bonds is 7. The second kappa shape index (κ2) is 10.7. The van der Waals surface area contributed by atoms with Gasteiger partial charge in [0.25, 0.3) is 0 Å². The Kier molecular flexibility index (Phi) is 7.24. The van der Waals surface area contributed by atoms with E-state index in [0.717, 1.165) is 54.4 Å². The lowest BCUT2D eigenvalue weighted by molar-refractivity contribution is -0.127. The maximum atomic E-state index is 13.0. The molecule has 5 atom stereocenters. The van der Waals surface area contributed by atoms with Crippen LogP contribution in [0.4, 0.5) is 5.82 Å². The number of anilines is 1. The SMILES string of the molecule is Cc1cc(NC2CC(C)NN2)nc([C@@H]2CC[C@@H](C(=O)NCc3ccc(-n4cccn4)nc3)[C@@H](C)C2)n1. The van der Waals surface area contributed by atoms with E-state index in [1.807, 2.05) is 37.4 Å². The molecule has 3 aromatic heterocycles. The Morgan fingerprint density at radius 1 is 1.17 bits per heavy atom. The van der Waals surface area contributed by atoms with Crippen molar-refractivity contribution in [3.63, 3.8) is 0 Å². The molecule has 5 rings (SSSR count). The van der Waals surface area contributed by atoms with Gasteiger partial charge in [-0.25, -0.2) is 25.1 Å². The zero-order valence-corrected chi connectivity index (χ0v) is 21.1. The molecule has 1 aliphatic heterocycles. The lowest BCUT2D eigenvalue weighted by Crippen LogP contribution is -2.37. The molecule has 1 amide bonds. The van der Waals surface area contributed by atoms with Gasteiger partial charge in [-0.2, -0.15) is 5.10 Å². The van der Waals surface area contributed by atoms with Crippen molar-refractivity contribution in [3.05, 3.63) is 59.9 Å². The van der Waals surface area contributed by atoms with Gasteiger partial charge < -0.3 is 10.6 Å². The summed E-state index contributed by atoms with van der Waals surface area (Å²) in [4.78, 5) is 27.0. The second-order valence-electron chi connectivity index (χ2n) is 10.2. The molecule has 4 heterocycles. The highest BCUT2D eigenvalue weighted by Gasteiger charge is 2.34. The van der Waals surface area contributed by atoms with Crippen LogP contribution in [0.1, 0.15) is 62.5 Å². The first-order chi connectivity index (χ1) is 17.4. The van der Waals surface area contributed by atoms with Crippen LogP contribution in [0.2, 0.25) is 0 Å². The Bertz CT molecular complexity index is 1160. The van der Waals surface area contributed by atoms with E-state index < -0.39 is 0 Å². The number of hydrazine groups is 1. The van der Waals surface area contributed by atoms with Gasteiger partial charge in [-0.05, 0) is 63.1 Å². The van der Waals surface area contributed by atoms with E-state index in [1.54, 1.807) is 17.1 Å². The van der Waals surface area contributed by atoms with Gasteiger partial charge in [0.2, 0.25) is 5.91 Å². The predicted molar refractivity (Wildman–Crippen MR) is 137 cm³/mol. The highest BCUT2D eigenvalue weighted by Crippen LogP contribution is 2.38. The summed E-state index contributed by atoms with van der Waals surface area (Å²) in [6, 6.07) is 8.16. The Labute approximate surface area is 211 Å². The lowest BCUT2D eigenvalue weighted by Gasteiger charge is -2.33. The molecule has 10 nitrogen and oxygen atoms in total. The van der Waals surface area contributed by atoms with E-state index in [4.69, 9.17) is 9.97 Å². The van der Waals surface area contributed by atoms with E-state index in [2.05, 4.69) is 45.4 Å². The number of nitrogens with zero attached hydrogens (tertiary/aromatic N) is 5. The van der Waals surface area contributed by atoms with Crippen LogP contribution < -0.4 is 21.5 Å². The van der Waals surface area contributed by atoms with Gasteiger partial charge in [-0.1, -0.05) is 13.0 Å². The van der Waals surface area contributed by atoms with Crippen molar-refractivity contribution in [3.8, 4) is 5.82 Å². The summed E-state index contributed by atoms with van der Waals surface area (Å²) < 4.78 is 1.71. The average molecular weight is 490 g/mol. The van der Waals surface area contributed by atoms with Gasteiger partial charge in [0.05, 0.1) is 6.17 Å². The third-order valence-electron chi connectivity index (χ3n) is 7.17. The van der Waals surface area contributed by atoms with Crippen molar-refractivity contribution in [1.82, 2.24) is 40.9 Å². The van der Waals surface area contributed by atoms with E-state index in [9.17, 15) is 4.79 Å². The van der Waals surface area contributed by atoms with E-state index in [-0.39, 0.29) is 29.8 Å². The van der Waals surface area contributed by atoms with Gasteiger partial charge in [0, 0.05) is 54.8 Å². The third kappa shape index (κ3) is 5.71. The first-order valence-electron chi connectivity index (χ1n) is 12.8. The summed E-state index contributed by atoms with van der Waals surface area (Å²) in [5.41, 5.74) is 8.42. The summed E-state index contributed by atoms with van der Waals surface area (Å²) in [5.74, 6) is 3.11. The minimum Gasteiger partial charge on any atom is -0.353 e. The molecule has 190 valence electrons. The van der Waals surface area contributed by atoms with Crippen LogP contribution in [0.5, 0.6) is 0 Å². The fourth-order valence-corrected chi connectivity index (χ4v) is 5.24. The minimum absolute atomic E-state index is 0.00443. The molecular weight excluding hydrogens is 454 g/mol. The van der Waals surface area contributed by atoms with Crippen LogP contribution in [-0.4, -0.2) is 42.8 Å². The molecular formula is C26H35N9O. The number of hydrogen-bond acceptors (Lipinski definition) is 8. The first kappa shape index (κ1) is 24.3. The molecule has 1 saturated carbocycles. The predicted octanol–water partition coefficient (Wildman–Crippen LogP) is 2.83.